The van der Waals surface area contributed by atoms with E-state index in [1.54, 1.807) is 12.1 Å². The van der Waals surface area contributed by atoms with Crippen LogP contribution in [0.25, 0.3) is 17.1 Å². The molecule has 0 saturated carbocycles. The number of para-hydroxylation sites is 1. The Morgan fingerprint density at radius 3 is 2.57 bits per heavy atom. The fraction of sp³-hybridized carbons (Fsp3) is 0.250. The fourth-order valence-electron chi connectivity index (χ4n) is 5.13. The summed E-state index contributed by atoms with van der Waals surface area (Å²) in [5.74, 6) is 1.40. The van der Waals surface area contributed by atoms with Crippen LogP contribution in [0.3, 0.4) is 0 Å². The van der Waals surface area contributed by atoms with Gasteiger partial charge in [0.05, 0.1) is 17.9 Å². The van der Waals surface area contributed by atoms with Crippen molar-refractivity contribution in [1.82, 2.24) is 19.7 Å². The number of benzene rings is 3. The van der Waals surface area contributed by atoms with E-state index < -0.39 is 0 Å². The topological polar surface area (TPSA) is 66.3 Å². The first-order chi connectivity index (χ1) is 18.0. The zero-order valence-electron chi connectivity index (χ0n) is 20.2. The summed E-state index contributed by atoms with van der Waals surface area (Å²) in [5, 5.41) is 12.5. The van der Waals surface area contributed by atoms with Gasteiger partial charge >= 0.3 is 0 Å². The highest BCUT2D eigenvalue weighted by atomic mass is 35.5. The molecule has 1 fully saturated rings. The zero-order chi connectivity index (χ0) is 25.4. The highest BCUT2D eigenvalue weighted by Crippen LogP contribution is 2.32. The van der Waals surface area contributed by atoms with E-state index in [1.165, 1.54) is 6.07 Å². The van der Waals surface area contributed by atoms with E-state index >= 15 is 0 Å². The summed E-state index contributed by atoms with van der Waals surface area (Å²) in [7, 11) is 0. The molecule has 3 aromatic carbocycles. The predicted octanol–water partition coefficient (Wildman–Crippen LogP) is 4.59. The predicted molar refractivity (Wildman–Crippen MR) is 143 cm³/mol. The molecule has 1 amide bonds. The Kier molecular flexibility index (Phi) is 6.36. The molecule has 0 unspecified atom stereocenters. The lowest BCUT2D eigenvalue weighted by molar-refractivity contribution is -0.117. The van der Waals surface area contributed by atoms with Crippen molar-refractivity contribution < 1.29 is 9.18 Å². The number of halogens is 2. The minimum Gasteiger partial charge on any atom is -0.367 e. The number of carbonyl (C=O) groups is 1. The van der Waals surface area contributed by atoms with Gasteiger partial charge in [0.25, 0.3) is 0 Å². The van der Waals surface area contributed by atoms with Gasteiger partial charge in [-0.1, -0.05) is 35.9 Å². The van der Waals surface area contributed by atoms with Crippen LogP contribution in [-0.2, 0) is 17.6 Å². The third kappa shape index (κ3) is 4.82. The summed E-state index contributed by atoms with van der Waals surface area (Å²) in [5.41, 5.74) is 4.45. The molecule has 3 heterocycles. The lowest BCUT2D eigenvalue weighted by atomic mass is 10.0. The van der Waals surface area contributed by atoms with Crippen LogP contribution in [0.2, 0.25) is 5.02 Å². The van der Waals surface area contributed by atoms with E-state index in [0.717, 1.165) is 47.0 Å². The maximum atomic E-state index is 14.1. The Bertz CT molecular complexity index is 1460. The number of hydrogen-bond acceptors (Lipinski definition) is 5. The molecule has 0 spiro atoms. The van der Waals surface area contributed by atoms with Crippen LogP contribution < -0.4 is 10.2 Å². The first-order valence-corrected chi connectivity index (χ1v) is 12.8. The van der Waals surface area contributed by atoms with Crippen molar-refractivity contribution in [3.8, 4) is 17.1 Å². The first kappa shape index (κ1) is 23.6. The average molecular weight is 517 g/mol. The van der Waals surface area contributed by atoms with Crippen molar-refractivity contribution in [2.24, 2.45) is 0 Å². The number of carbonyl (C=O) groups excluding carboxylic acids is 1. The standard InChI is InChI=1S/C28H26ClFN6O/c29-21-5-3-4-20(16-21)28-33-32-26-11-8-19-17-22(9-10-24(19)36(26)28)31-27(37)18-34-12-14-35(15-13-34)25-7-2-1-6-23(25)30/h1-7,9-10,16-17H,8,11-15,18H2,(H,31,37). The van der Waals surface area contributed by atoms with E-state index in [9.17, 15) is 9.18 Å². The lowest BCUT2D eigenvalue weighted by Crippen LogP contribution is -2.48. The molecule has 1 N–H and O–H groups in total. The Morgan fingerprint density at radius 2 is 1.76 bits per heavy atom. The average Bonchev–Trinajstić information content (AvgIpc) is 3.34. The van der Waals surface area contributed by atoms with Crippen LogP contribution in [0.4, 0.5) is 15.8 Å². The Balaban J connectivity index is 1.12. The number of aryl methyl sites for hydroxylation is 2. The smallest absolute Gasteiger partial charge is 0.238 e. The Morgan fingerprint density at radius 1 is 0.919 bits per heavy atom. The maximum absolute atomic E-state index is 14.1. The van der Waals surface area contributed by atoms with Gasteiger partial charge in [-0.2, -0.15) is 0 Å². The van der Waals surface area contributed by atoms with E-state index in [2.05, 4.69) is 25.0 Å². The summed E-state index contributed by atoms with van der Waals surface area (Å²) < 4.78 is 16.2. The normalized spacial score (nSPS) is 15.2. The van der Waals surface area contributed by atoms with Gasteiger partial charge < -0.3 is 10.2 Å². The Hall–Kier alpha value is -3.75. The molecule has 6 rings (SSSR count). The van der Waals surface area contributed by atoms with E-state index in [0.29, 0.717) is 43.4 Å². The van der Waals surface area contributed by atoms with Crippen LogP contribution in [0.1, 0.15) is 11.4 Å². The van der Waals surface area contributed by atoms with Crippen LogP contribution in [0, 0.1) is 5.82 Å². The van der Waals surface area contributed by atoms with Gasteiger partial charge in [0, 0.05) is 48.9 Å². The monoisotopic (exact) mass is 516 g/mol. The molecule has 2 aliphatic heterocycles. The van der Waals surface area contributed by atoms with Crippen molar-refractivity contribution >= 4 is 28.9 Å². The van der Waals surface area contributed by atoms with E-state index in [-0.39, 0.29) is 11.7 Å². The second kappa shape index (κ2) is 9.95. The summed E-state index contributed by atoms with van der Waals surface area (Å²) >= 11 is 6.21. The Labute approximate surface area is 219 Å². The van der Waals surface area contributed by atoms with Crippen molar-refractivity contribution in [3.63, 3.8) is 0 Å². The molecule has 0 radical (unpaired) electrons. The van der Waals surface area contributed by atoms with Crippen LogP contribution in [0.15, 0.2) is 66.7 Å². The van der Waals surface area contributed by atoms with Crippen molar-refractivity contribution in [2.45, 2.75) is 12.8 Å². The SMILES string of the molecule is O=C(CN1CCN(c2ccccc2F)CC1)Nc1ccc2c(c1)CCc1nnc(-c3cccc(Cl)c3)n1-2. The van der Waals surface area contributed by atoms with Crippen LogP contribution in [-0.4, -0.2) is 58.3 Å². The third-order valence-corrected chi connectivity index (χ3v) is 7.20. The first-order valence-electron chi connectivity index (χ1n) is 12.4. The molecular formula is C28H26ClFN6O. The number of piperazine rings is 1. The van der Waals surface area contributed by atoms with Gasteiger partial charge in [-0.3, -0.25) is 14.3 Å². The van der Waals surface area contributed by atoms with E-state index in [4.69, 9.17) is 11.6 Å². The van der Waals surface area contributed by atoms with Crippen molar-refractivity contribution in [1.29, 1.82) is 0 Å². The summed E-state index contributed by atoms with van der Waals surface area (Å²) in [6, 6.07) is 20.4. The molecule has 0 atom stereocenters. The molecule has 37 heavy (non-hydrogen) atoms. The minimum atomic E-state index is -0.209. The van der Waals surface area contributed by atoms with Gasteiger partial charge in [0.1, 0.15) is 11.6 Å². The summed E-state index contributed by atoms with van der Waals surface area (Å²) in [6.07, 6.45) is 1.59. The number of nitrogens with zero attached hydrogens (tertiary/aromatic N) is 5. The maximum Gasteiger partial charge on any atom is 0.238 e. The molecular weight excluding hydrogens is 491 g/mol. The van der Waals surface area contributed by atoms with Gasteiger partial charge in [0.2, 0.25) is 5.91 Å². The third-order valence-electron chi connectivity index (χ3n) is 6.97. The van der Waals surface area contributed by atoms with Crippen molar-refractivity contribution in [3.05, 3.63) is 89.0 Å². The number of amides is 1. The number of nitrogens with one attached hydrogen (secondary N) is 1. The second-order valence-corrected chi connectivity index (χ2v) is 9.83. The van der Waals surface area contributed by atoms with Crippen LogP contribution in [0.5, 0.6) is 0 Å². The molecule has 2 aliphatic rings. The quantitative estimate of drug-likeness (QED) is 0.420. The lowest BCUT2D eigenvalue weighted by Gasteiger charge is -2.35. The van der Waals surface area contributed by atoms with Gasteiger partial charge in [-0.15, -0.1) is 10.2 Å². The zero-order valence-corrected chi connectivity index (χ0v) is 21.0. The van der Waals surface area contributed by atoms with Gasteiger partial charge in [-0.25, -0.2) is 4.39 Å². The fourth-order valence-corrected chi connectivity index (χ4v) is 5.32. The summed E-state index contributed by atoms with van der Waals surface area (Å²) in [4.78, 5) is 17.0. The minimum absolute atomic E-state index is 0.0558. The molecule has 4 aromatic rings. The second-order valence-electron chi connectivity index (χ2n) is 9.39. The molecule has 0 aliphatic carbocycles. The number of hydrogen-bond donors (Lipinski definition) is 1. The summed E-state index contributed by atoms with van der Waals surface area (Å²) in [6.45, 7) is 3.08. The van der Waals surface area contributed by atoms with Crippen molar-refractivity contribution in [2.75, 3.05) is 42.9 Å². The number of aromatic nitrogens is 3. The number of rotatable bonds is 5. The van der Waals surface area contributed by atoms with Crippen LogP contribution >= 0.6 is 11.6 Å². The molecule has 0 bridgehead atoms. The van der Waals surface area contributed by atoms with E-state index in [1.807, 2.05) is 53.4 Å². The number of anilines is 2. The largest absolute Gasteiger partial charge is 0.367 e. The highest BCUT2D eigenvalue weighted by molar-refractivity contribution is 6.30. The highest BCUT2D eigenvalue weighted by Gasteiger charge is 2.24. The van der Waals surface area contributed by atoms with Gasteiger partial charge in [0.15, 0.2) is 5.82 Å². The number of fused-ring (bicyclic) bond motifs is 3. The van der Waals surface area contributed by atoms with Gasteiger partial charge in [-0.05, 0) is 54.4 Å². The molecule has 1 aromatic heterocycles. The molecule has 9 heteroatoms. The molecule has 188 valence electrons. The molecule has 7 nitrogen and oxygen atoms in total. The molecule has 1 saturated heterocycles.